The smallest absolute Gasteiger partial charge is 0.303 e. The zero-order valence-electron chi connectivity index (χ0n) is 8.50. The summed E-state index contributed by atoms with van der Waals surface area (Å²) in [5, 5.41) is 9.19. The first kappa shape index (κ1) is 11.9. The van der Waals surface area contributed by atoms with Gasteiger partial charge in [-0.3, -0.25) is 4.79 Å². The molecule has 3 nitrogen and oxygen atoms in total. The average molecular weight is 229 g/mol. The molecule has 0 atom stereocenters. The number of carboxylic acid groups (broad SMARTS) is 1. The lowest BCUT2D eigenvalue weighted by molar-refractivity contribution is -0.136. The number of ether oxygens (including phenoxy) is 1. The fraction of sp³-hybridized carbons (Fsp3) is 0.364. The summed E-state index contributed by atoms with van der Waals surface area (Å²) in [6.45, 7) is 2.44. The van der Waals surface area contributed by atoms with E-state index in [1.807, 2.05) is 6.92 Å². The van der Waals surface area contributed by atoms with E-state index in [0.29, 0.717) is 23.8 Å². The van der Waals surface area contributed by atoms with Crippen molar-refractivity contribution in [1.29, 1.82) is 0 Å². The van der Waals surface area contributed by atoms with Gasteiger partial charge in [-0.1, -0.05) is 11.6 Å². The molecule has 0 heterocycles. The van der Waals surface area contributed by atoms with Gasteiger partial charge in [0.05, 0.1) is 6.61 Å². The molecule has 0 amide bonds. The second-order valence-electron chi connectivity index (χ2n) is 3.08. The zero-order chi connectivity index (χ0) is 11.3. The Bertz CT molecular complexity index is 350. The predicted molar refractivity (Wildman–Crippen MR) is 58.6 cm³/mol. The first-order valence-corrected chi connectivity index (χ1v) is 5.14. The van der Waals surface area contributed by atoms with Crippen molar-refractivity contribution >= 4 is 17.6 Å². The fourth-order valence-electron chi connectivity index (χ4n) is 1.28. The number of hydrogen-bond acceptors (Lipinski definition) is 2. The van der Waals surface area contributed by atoms with Gasteiger partial charge in [0.25, 0.3) is 0 Å². The molecule has 0 radical (unpaired) electrons. The summed E-state index contributed by atoms with van der Waals surface area (Å²) in [7, 11) is 0. The Morgan fingerprint density at radius 3 is 2.87 bits per heavy atom. The van der Waals surface area contributed by atoms with Gasteiger partial charge in [-0.05, 0) is 37.1 Å². The van der Waals surface area contributed by atoms with Gasteiger partial charge >= 0.3 is 5.97 Å². The largest absolute Gasteiger partial charge is 0.494 e. The summed E-state index contributed by atoms with van der Waals surface area (Å²) in [5.41, 5.74) is 0.840. The molecule has 4 heteroatoms. The molecule has 15 heavy (non-hydrogen) atoms. The number of halogens is 1. The molecule has 0 aromatic heterocycles. The van der Waals surface area contributed by atoms with Crippen molar-refractivity contribution in [3.8, 4) is 5.75 Å². The maximum atomic E-state index is 10.5. The van der Waals surface area contributed by atoms with Crippen LogP contribution in [0.1, 0.15) is 18.9 Å². The first-order chi connectivity index (χ1) is 7.13. The summed E-state index contributed by atoms with van der Waals surface area (Å²) >= 11 is 5.83. The molecule has 0 fully saturated rings. The average Bonchev–Trinajstić information content (AvgIpc) is 2.18. The van der Waals surface area contributed by atoms with E-state index in [0.717, 1.165) is 5.56 Å². The van der Waals surface area contributed by atoms with Gasteiger partial charge in [0.15, 0.2) is 0 Å². The molecule has 0 aliphatic carbocycles. The normalized spacial score (nSPS) is 10.0. The van der Waals surface area contributed by atoms with Crippen molar-refractivity contribution < 1.29 is 14.6 Å². The number of hydrogen-bond donors (Lipinski definition) is 1. The molecule has 82 valence electrons. The minimum atomic E-state index is -0.822. The molecule has 0 aliphatic rings. The van der Waals surface area contributed by atoms with E-state index in [9.17, 15) is 4.79 Å². The van der Waals surface area contributed by atoms with E-state index in [1.165, 1.54) is 0 Å². The topological polar surface area (TPSA) is 46.5 Å². The van der Waals surface area contributed by atoms with Crippen molar-refractivity contribution in [1.82, 2.24) is 0 Å². The highest BCUT2D eigenvalue weighted by atomic mass is 35.5. The van der Waals surface area contributed by atoms with Crippen LogP contribution in [0.15, 0.2) is 18.2 Å². The molecule has 1 aromatic carbocycles. The van der Waals surface area contributed by atoms with Crippen LogP contribution in [0.5, 0.6) is 5.75 Å². The summed E-state index contributed by atoms with van der Waals surface area (Å²) in [6, 6.07) is 5.25. The molecule has 0 unspecified atom stereocenters. The predicted octanol–water partition coefficient (Wildman–Crippen LogP) is 2.76. The standard InChI is InChI=1S/C11H13ClO3/c1-2-15-10-5-4-9(12)7-8(10)3-6-11(13)14/h4-5,7H,2-3,6H2,1H3,(H,13,14). The van der Waals surface area contributed by atoms with Gasteiger partial charge in [0.2, 0.25) is 0 Å². The Kier molecular flexibility index (Phi) is 4.43. The third-order valence-electron chi connectivity index (χ3n) is 1.93. The van der Waals surface area contributed by atoms with Crippen molar-refractivity contribution in [2.24, 2.45) is 0 Å². The number of aryl methyl sites for hydroxylation is 1. The zero-order valence-corrected chi connectivity index (χ0v) is 9.25. The fourth-order valence-corrected chi connectivity index (χ4v) is 1.48. The highest BCUT2D eigenvalue weighted by molar-refractivity contribution is 6.30. The lowest BCUT2D eigenvalue weighted by Crippen LogP contribution is -2.01. The van der Waals surface area contributed by atoms with Crippen molar-refractivity contribution in [2.45, 2.75) is 19.8 Å². The highest BCUT2D eigenvalue weighted by Gasteiger charge is 2.06. The third kappa shape index (κ3) is 3.80. The van der Waals surface area contributed by atoms with Crippen LogP contribution in [0, 0.1) is 0 Å². The van der Waals surface area contributed by atoms with Crippen molar-refractivity contribution in [3.05, 3.63) is 28.8 Å². The first-order valence-electron chi connectivity index (χ1n) is 4.76. The van der Waals surface area contributed by atoms with E-state index >= 15 is 0 Å². The number of benzene rings is 1. The lowest BCUT2D eigenvalue weighted by Gasteiger charge is -2.09. The molecule has 0 aliphatic heterocycles. The molecule has 0 saturated carbocycles. The Balaban J connectivity index is 2.81. The van der Waals surface area contributed by atoms with Crippen LogP contribution < -0.4 is 4.74 Å². The van der Waals surface area contributed by atoms with Crippen LogP contribution >= 0.6 is 11.6 Å². The van der Waals surface area contributed by atoms with Crippen molar-refractivity contribution in [2.75, 3.05) is 6.61 Å². The van der Waals surface area contributed by atoms with E-state index in [1.54, 1.807) is 18.2 Å². The second-order valence-corrected chi connectivity index (χ2v) is 3.52. The third-order valence-corrected chi connectivity index (χ3v) is 2.17. The SMILES string of the molecule is CCOc1ccc(Cl)cc1CCC(=O)O. The maximum absolute atomic E-state index is 10.5. The minimum absolute atomic E-state index is 0.0837. The minimum Gasteiger partial charge on any atom is -0.494 e. The molecule has 1 N–H and O–H groups in total. The molecular weight excluding hydrogens is 216 g/mol. The quantitative estimate of drug-likeness (QED) is 0.843. The molecule has 1 rings (SSSR count). The monoisotopic (exact) mass is 228 g/mol. The molecule has 0 saturated heterocycles. The Labute approximate surface area is 93.6 Å². The molecule has 0 spiro atoms. The van der Waals surface area contributed by atoms with Crippen LogP contribution in [0.2, 0.25) is 5.02 Å². The van der Waals surface area contributed by atoms with Gasteiger partial charge in [-0.2, -0.15) is 0 Å². The van der Waals surface area contributed by atoms with E-state index in [4.69, 9.17) is 21.4 Å². The maximum Gasteiger partial charge on any atom is 0.303 e. The number of carbonyl (C=O) groups is 1. The van der Waals surface area contributed by atoms with Crippen LogP contribution in [-0.2, 0) is 11.2 Å². The number of aliphatic carboxylic acids is 1. The summed E-state index contributed by atoms with van der Waals surface area (Å²) < 4.78 is 5.37. The van der Waals surface area contributed by atoms with Crippen LogP contribution in [0.25, 0.3) is 0 Å². The summed E-state index contributed by atoms with van der Waals surface area (Å²) in [5.74, 6) is -0.111. The molecular formula is C11H13ClO3. The van der Waals surface area contributed by atoms with Gasteiger partial charge in [-0.25, -0.2) is 0 Å². The van der Waals surface area contributed by atoms with Gasteiger partial charge in [-0.15, -0.1) is 0 Å². The number of carboxylic acids is 1. The van der Waals surface area contributed by atoms with Gasteiger partial charge in [0.1, 0.15) is 5.75 Å². The van der Waals surface area contributed by atoms with Crippen molar-refractivity contribution in [3.63, 3.8) is 0 Å². The van der Waals surface area contributed by atoms with Crippen LogP contribution in [0.4, 0.5) is 0 Å². The Hall–Kier alpha value is -1.22. The summed E-state index contributed by atoms with van der Waals surface area (Å²) in [6.07, 6.45) is 0.519. The van der Waals surface area contributed by atoms with E-state index < -0.39 is 5.97 Å². The number of rotatable bonds is 5. The molecule has 0 bridgehead atoms. The van der Waals surface area contributed by atoms with E-state index in [-0.39, 0.29) is 6.42 Å². The Morgan fingerprint density at radius 2 is 2.27 bits per heavy atom. The summed E-state index contributed by atoms with van der Waals surface area (Å²) in [4.78, 5) is 10.5. The van der Waals surface area contributed by atoms with Crippen LogP contribution in [-0.4, -0.2) is 17.7 Å². The highest BCUT2D eigenvalue weighted by Crippen LogP contribution is 2.24. The van der Waals surface area contributed by atoms with Gasteiger partial charge in [0, 0.05) is 11.4 Å². The second kappa shape index (κ2) is 5.61. The van der Waals surface area contributed by atoms with Gasteiger partial charge < -0.3 is 9.84 Å². The Morgan fingerprint density at radius 1 is 1.53 bits per heavy atom. The van der Waals surface area contributed by atoms with E-state index in [2.05, 4.69) is 0 Å². The van der Waals surface area contributed by atoms with Crippen LogP contribution in [0.3, 0.4) is 0 Å². The molecule has 1 aromatic rings. The lowest BCUT2D eigenvalue weighted by atomic mass is 10.1.